The smallest absolute Gasteiger partial charge is 0.339 e. The lowest BCUT2D eigenvalue weighted by molar-refractivity contribution is 0.0697. The number of nitrogens with zero attached hydrogens (tertiary/aromatic N) is 1. The molecule has 0 bridgehead atoms. The maximum atomic E-state index is 11.0. The maximum Gasteiger partial charge on any atom is 0.339 e. The first-order chi connectivity index (χ1) is 7.40. The van der Waals surface area contributed by atoms with Crippen LogP contribution in [0.5, 0.6) is 0 Å². The minimum Gasteiger partial charge on any atom is -0.478 e. The summed E-state index contributed by atoms with van der Waals surface area (Å²) < 4.78 is 0. The summed E-state index contributed by atoms with van der Waals surface area (Å²) in [5.74, 6) is -0.613. The molecule has 1 unspecified atom stereocenters. The molecule has 5 heteroatoms. The van der Waals surface area contributed by atoms with Crippen molar-refractivity contribution in [2.24, 2.45) is 5.41 Å². The Morgan fingerprint density at radius 1 is 1.69 bits per heavy atom. The molecule has 1 atom stereocenters. The van der Waals surface area contributed by atoms with Crippen LogP contribution in [0.3, 0.4) is 0 Å². The van der Waals surface area contributed by atoms with E-state index in [1.54, 1.807) is 0 Å². The molecule has 1 aliphatic rings. The van der Waals surface area contributed by atoms with Crippen molar-refractivity contribution in [1.82, 2.24) is 4.98 Å². The molecule has 16 heavy (non-hydrogen) atoms. The van der Waals surface area contributed by atoms with Crippen molar-refractivity contribution >= 4 is 17.5 Å². The summed E-state index contributed by atoms with van der Waals surface area (Å²) in [4.78, 5) is 15.0. The quantitative estimate of drug-likeness (QED) is 0.721. The van der Waals surface area contributed by atoms with Gasteiger partial charge in [0, 0.05) is 6.04 Å². The van der Waals surface area contributed by atoms with Crippen molar-refractivity contribution in [1.29, 1.82) is 0 Å². The fraction of sp³-hybridized carbons (Fsp3) is 0.455. The number of hydrogen-bond donors (Lipinski definition) is 3. The Labute approximate surface area is 93.7 Å². The van der Waals surface area contributed by atoms with Gasteiger partial charge in [0.2, 0.25) is 0 Å². The highest BCUT2D eigenvalue weighted by molar-refractivity contribution is 5.94. The van der Waals surface area contributed by atoms with Gasteiger partial charge in [0.25, 0.3) is 0 Å². The van der Waals surface area contributed by atoms with Crippen LogP contribution in [0.25, 0.3) is 0 Å². The number of carboxylic acids is 1. The zero-order chi connectivity index (χ0) is 11.9. The summed E-state index contributed by atoms with van der Waals surface area (Å²) >= 11 is 0. The van der Waals surface area contributed by atoms with E-state index in [0.29, 0.717) is 17.5 Å². The second-order valence-corrected chi connectivity index (χ2v) is 4.86. The summed E-state index contributed by atoms with van der Waals surface area (Å²) in [5.41, 5.74) is 6.22. The van der Waals surface area contributed by atoms with Crippen LogP contribution in [0.2, 0.25) is 0 Å². The topological polar surface area (TPSA) is 88.2 Å². The molecule has 0 radical (unpaired) electrons. The van der Waals surface area contributed by atoms with E-state index in [1.165, 1.54) is 12.3 Å². The van der Waals surface area contributed by atoms with E-state index in [2.05, 4.69) is 24.1 Å². The third-order valence-corrected chi connectivity index (χ3v) is 2.96. The molecule has 0 aliphatic heterocycles. The highest BCUT2D eigenvalue weighted by Gasteiger charge is 2.46. The van der Waals surface area contributed by atoms with Crippen LogP contribution in [-0.2, 0) is 0 Å². The van der Waals surface area contributed by atoms with E-state index in [4.69, 9.17) is 10.8 Å². The van der Waals surface area contributed by atoms with Crippen molar-refractivity contribution in [3.63, 3.8) is 0 Å². The number of aromatic carboxylic acids is 1. The van der Waals surface area contributed by atoms with E-state index in [-0.39, 0.29) is 11.0 Å². The summed E-state index contributed by atoms with van der Waals surface area (Å²) in [5, 5.41) is 12.2. The molecular formula is C11H15N3O2. The van der Waals surface area contributed by atoms with Gasteiger partial charge < -0.3 is 16.2 Å². The number of carboxylic acid groups (broad SMARTS) is 1. The van der Waals surface area contributed by atoms with E-state index in [0.717, 1.165) is 6.42 Å². The first-order valence-electron chi connectivity index (χ1n) is 5.15. The molecule has 1 aromatic heterocycles. The Kier molecular flexibility index (Phi) is 2.26. The Balaban J connectivity index is 2.24. The molecule has 1 aliphatic carbocycles. The molecule has 0 aromatic carbocycles. The van der Waals surface area contributed by atoms with Gasteiger partial charge in [-0.25, -0.2) is 9.78 Å². The van der Waals surface area contributed by atoms with Crippen LogP contribution in [0.1, 0.15) is 30.6 Å². The van der Waals surface area contributed by atoms with Gasteiger partial charge in [-0.05, 0) is 17.9 Å². The number of pyridine rings is 1. The van der Waals surface area contributed by atoms with Gasteiger partial charge in [0.1, 0.15) is 11.4 Å². The molecule has 4 N–H and O–H groups in total. The van der Waals surface area contributed by atoms with Gasteiger partial charge >= 0.3 is 5.97 Å². The van der Waals surface area contributed by atoms with Gasteiger partial charge in [-0.15, -0.1) is 0 Å². The minimum absolute atomic E-state index is 0.128. The molecule has 0 saturated heterocycles. The van der Waals surface area contributed by atoms with E-state index in [1.807, 2.05) is 0 Å². The van der Waals surface area contributed by atoms with Crippen LogP contribution in [0.4, 0.5) is 11.5 Å². The van der Waals surface area contributed by atoms with Gasteiger partial charge in [-0.3, -0.25) is 0 Å². The number of nitrogens with one attached hydrogen (secondary N) is 1. The van der Waals surface area contributed by atoms with Crippen LogP contribution >= 0.6 is 0 Å². The Hall–Kier alpha value is -1.78. The molecule has 0 spiro atoms. The van der Waals surface area contributed by atoms with Crippen molar-refractivity contribution in [3.05, 3.63) is 17.8 Å². The van der Waals surface area contributed by atoms with Crippen LogP contribution < -0.4 is 11.1 Å². The second-order valence-electron chi connectivity index (χ2n) is 4.86. The third kappa shape index (κ3) is 1.93. The second kappa shape index (κ2) is 3.37. The van der Waals surface area contributed by atoms with Crippen molar-refractivity contribution < 1.29 is 9.90 Å². The number of rotatable bonds is 3. The zero-order valence-corrected chi connectivity index (χ0v) is 9.32. The molecule has 86 valence electrons. The number of nitrogens with two attached hydrogens (primary N) is 1. The van der Waals surface area contributed by atoms with Gasteiger partial charge in [0.15, 0.2) is 0 Å². The third-order valence-electron chi connectivity index (χ3n) is 2.96. The molecule has 1 heterocycles. The lowest BCUT2D eigenvalue weighted by Crippen LogP contribution is -2.14. The molecule has 5 nitrogen and oxygen atoms in total. The molecule has 1 saturated carbocycles. The molecular weight excluding hydrogens is 206 g/mol. The fourth-order valence-electron chi connectivity index (χ4n) is 1.64. The van der Waals surface area contributed by atoms with Gasteiger partial charge in [-0.2, -0.15) is 0 Å². The highest BCUT2D eigenvalue weighted by atomic mass is 16.4. The molecule has 1 aromatic rings. The average Bonchev–Trinajstić information content (AvgIpc) is 2.76. The Morgan fingerprint density at radius 3 is 2.81 bits per heavy atom. The SMILES string of the molecule is CC1(C)CC1Nc1ncc(N)cc1C(=O)O. The fourth-order valence-corrected chi connectivity index (χ4v) is 1.64. The highest BCUT2D eigenvalue weighted by Crippen LogP contribution is 2.46. The predicted molar refractivity (Wildman–Crippen MR) is 61.4 cm³/mol. The Morgan fingerprint density at radius 2 is 2.31 bits per heavy atom. The van der Waals surface area contributed by atoms with Gasteiger partial charge in [-0.1, -0.05) is 13.8 Å². The van der Waals surface area contributed by atoms with Crippen molar-refractivity contribution in [2.45, 2.75) is 26.3 Å². The van der Waals surface area contributed by atoms with Crippen LogP contribution in [-0.4, -0.2) is 22.1 Å². The molecule has 1 fully saturated rings. The average molecular weight is 221 g/mol. The monoisotopic (exact) mass is 221 g/mol. The number of hydrogen-bond acceptors (Lipinski definition) is 4. The lowest BCUT2D eigenvalue weighted by Gasteiger charge is -2.10. The van der Waals surface area contributed by atoms with Crippen LogP contribution in [0, 0.1) is 5.41 Å². The zero-order valence-electron chi connectivity index (χ0n) is 9.32. The molecule has 0 amide bonds. The van der Waals surface area contributed by atoms with Gasteiger partial charge in [0.05, 0.1) is 11.9 Å². The largest absolute Gasteiger partial charge is 0.478 e. The van der Waals surface area contributed by atoms with Crippen molar-refractivity contribution in [2.75, 3.05) is 11.1 Å². The van der Waals surface area contributed by atoms with E-state index < -0.39 is 5.97 Å². The van der Waals surface area contributed by atoms with E-state index >= 15 is 0 Å². The summed E-state index contributed by atoms with van der Waals surface area (Å²) in [6, 6.07) is 1.72. The number of aromatic nitrogens is 1. The number of anilines is 2. The first-order valence-corrected chi connectivity index (χ1v) is 5.15. The maximum absolute atomic E-state index is 11.0. The summed E-state index contributed by atoms with van der Waals surface area (Å²) in [7, 11) is 0. The lowest BCUT2D eigenvalue weighted by atomic mass is 10.2. The van der Waals surface area contributed by atoms with Crippen molar-refractivity contribution in [3.8, 4) is 0 Å². The number of carbonyl (C=O) groups is 1. The Bertz CT molecular complexity index is 443. The normalized spacial score (nSPS) is 21.5. The van der Waals surface area contributed by atoms with Crippen LogP contribution in [0.15, 0.2) is 12.3 Å². The minimum atomic E-state index is -1.01. The predicted octanol–water partition coefficient (Wildman–Crippen LogP) is 1.57. The van der Waals surface area contributed by atoms with E-state index in [9.17, 15) is 4.79 Å². The molecule has 2 rings (SSSR count). The summed E-state index contributed by atoms with van der Waals surface area (Å²) in [6.07, 6.45) is 2.49. The standard InChI is InChI=1S/C11H15N3O2/c1-11(2)4-8(11)14-9-7(10(15)16)3-6(12)5-13-9/h3,5,8H,4,12H2,1-2H3,(H,13,14)(H,15,16). The number of nitrogen functional groups attached to an aromatic ring is 1. The first kappa shape index (κ1) is 10.7. The summed E-state index contributed by atoms with van der Waals surface area (Å²) in [6.45, 7) is 4.25.